The molecule has 0 aromatic heterocycles. The summed E-state index contributed by atoms with van der Waals surface area (Å²) in [5.74, 6) is 0. The van der Waals surface area contributed by atoms with Crippen molar-refractivity contribution >= 4 is 22.9 Å². The maximum Gasteiger partial charge on any atom is 0.0642 e. The molecule has 0 saturated heterocycles. The van der Waals surface area contributed by atoms with E-state index in [9.17, 15) is 0 Å². The zero-order valence-corrected chi connectivity index (χ0v) is 26.3. The molecule has 5 rings (SSSR count). The third-order valence-corrected chi connectivity index (χ3v) is 9.63. The van der Waals surface area contributed by atoms with Gasteiger partial charge in [0.05, 0.1) is 13.2 Å². The first-order valence-corrected chi connectivity index (χ1v) is 15.3. The van der Waals surface area contributed by atoms with E-state index in [0.717, 1.165) is 37.3 Å². The molecule has 0 fully saturated rings. The first-order chi connectivity index (χ1) is 19.7. The second-order valence-electron chi connectivity index (χ2n) is 12.4. The van der Waals surface area contributed by atoms with E-state index in [1.807, 2.05) is 0 Å². The molecule has 0 atom stereocenters. The highest BCUT2D eigenvalue weighted by Crippen LogP contribution is 2.49. The minimum atomic E-state index is -0.0941. The van der Waals surface area contributed by atoms with E-state index in [-0.39, 0.29) is 10.8 Å². The number of methoxy groups -OCH3 is 2. The lowest BCUT2D eigenvalue weighted by Crippen LogP contribution is -2.28. The van der Waals surface area contributed by atoms with E-state index in [0.29, 0.717) is 13.2 Å². The fourth-order valence-electron chi connectivity index (χ4n) is 6.88. The van der Waals surface area contributed by atoms with Gasteiger partial charge in [0, 0.05) is 48.0 Å². The molecule has 41 heavy (non-hydrogen) atoms. The highest BCUT2D eigenvalue weighted by Gasteiger charge is 2.39. The van der Waals surface area contributed by atoms with Crippen LogP contribution in [0.4, 0.5) is 5.69 Å². The largest absolute Gasteiger partial charge is 0.384 e. The Hall–Kier alpha value is -2.85. The molecule has 0 N–H and O–H groups in total. The standard InChI is InChI=1S/C37H44ClNO2/c1-36(2)30-15-8-7-14-28(30)29(22-24-40-5)31(36)20-18-26-12-11-13-27(35(26)38)19-21-34-37(3,4)32-16-9-10-17-33(32)39(34)23-25-41-6/h7-10,14-21H,11-13,22-25H2,1-6H3/b20-18+,27-19?,34-21+. The number of ether oxygens (including phenoxy) is 2. The molecule has 0 unspecified atom stereocenters. The Morgan fingerprint density at radius 1 is 0.829 bits per heavy atom. The smallest absolute Gasteiger partial charge is 0.0642 e. The second-order valence-corrected chi connectivity index (χ2v) is 12.7. The molecular weight excluding hydrogens is 526 g/mol. The number of nitrogens with zero attached hydrogens (tertiary/aromatic N) is 1. The molecule has 2 aliphatic carbocycles. The lowest BCUT2D eigenvalue weighted by atomic mass is 9.80. The summed E-state index contributed by atoms with van der Waals surface area (Å²) in [4.78, 5) is 2.41. The van der Waals surface area contributed by atoms with Crippen LogP contribution in [0.15, 0.2) is 100 Å². The lowest BCUT2D eigenvalue weighted by molar-refractivity contribution is 0.206. The number of para-hydroxylation sites is 1. The number of hydrogen-bond donors (Lipinski definition) is 0. The van der Waals surface area contributed by atoms with Crippen LogP contribution in [0.3, 0.4) is 0 Å². The molecule has 216 valence electrons. The first kappa shape index (κ1) is 29.6. The van der Waals surface area contributed by atoms with Gasteiger partial charge in [0.1, 0.15) is 0 Å². The Morgan fingerprint density at radius 3 is 2.29 bits per heavy atom. The summed E-state index contributed by atoms with van der Waals surface area (Å²) in [6.07, 6.45) is 13.1. The minimum absolute atomic E-state index is 0.0598. The second kappa shape index (κ2) is 12.2. The van der Waals surface area contributed by atoms with E-state index in [1.165, 1.54) is 50.4 Å². The normalized spacial score (nSPS) is 21.5. The summed E-state index contributed by atoms with van der Waals surface area (Å²) < 4.78 is 10.9. The van der Waals surface area contributed by atoms with Crippen molar-refractivity contribution in [2.24, 2.45) is 0 Å². The molecule has 1 aliphatic heterocycles. The van der Waals surface area contributed by atoms with Gasteiger partial charge >= 0.3 is 0 Å². The van der Waals surface area contributed by atoms with E-state index in [1.54, 1.807) is 14.2 Å². The molecule has 3 nitrogen and oxygen atoms in total. The number of hydrogen-bond acceptors (Lipinski definition) is 3. The average Bonchev–Trinajstić information content (AvgIpc) is 3.32. The van der Waals surface area contributed by atoms with Crippen LogP contribution < -0.4 is 4.90 Å². The van der Waals surface area contributed by atoms with Crippen molar-refractivity contribution < 1.29 is 9.47 Å². The number of benzene rings is 2. The van der Waals surface area contributed by atoms with Gasteiger partial charge in [0.15, 0.2) is 0 Å². The van der Waals surface area contributed by atoms with Crippen molar-refractivity contribution in [1.29, 1.82) is 0 Å². The molecule has 0 spiro atoms. The summed E-state index contributed by atoms with van der Waals surface area (Å²) >= 11 is 7.14. The van der Waals surface area contributed by atoms with Crippen molar-refractivity contribution in [2.45, 2.75) is 64.2 Å². The fraction of sp³-hybridized carbons (Fsp3) is 0.405. The van der Waals surface area contributed by atoms with Gasteiger partial charge in [-0.1, -0.05) is 100.0 Å². The Morgan fingerprint density at radius 2 is 1.54 bits per heavy atom. The van der Waals surface area contributed by atoms with Gasteiger partial charge in [0.25, 0.3) is 0 Å². The van der Waals surface area contributed by atoms with Crippen LogP contribution >= 0.6 is 11.6 Å². The molecule has 3 aliphatic rings. The third kappa shape index (κ3) is 5.52. The van der Waals surface area contributed by atoms with Crippen molar-refractivity contribution in [1.82, 2.24) is 0 Å². The van der Waals surface area contributed by atoms with Crippen LogP contribution in [-0.2, 0) is 20.3 Å². The van der Waals surface area contributed by atoms with Gasteiger partial charge in [0.2, 0.25) is 0 Å². The van der Waals surface area contributed by atoms with Crippen molar-refractivity contribution in [3.8, 4) is 0 Å². The van der Waals surface area contributed by atoms with Crippen LogP contribution in [0, 0.1) is 0 Å². The summed E-state index contributed by atoms with van der Waals surface area (Å²) in [6.45, 7) is 11.5. The number of allylic oxidation sites excluding steroid dienone is 9. The van der Waals surface area contributed by atoms with E-state index >= 15 is 0 Å². The molecule has 0 saturated carbocycles. The van der Waals surface area contributed by atoms with Gasteiger partial charge in [-0.25, -0.2) is 0 Å². The SMILES string of the molecule is COCCC1=C(/C=C/C2=C(Cl)C(=C/C=C3/N(CCOC)c4ccccc4C3(C)C)CCC2)C(C)(C)c2ccccc21. The quantitative estimate of drug-likeness (QED) is 0.300. The lowest BCUT2D eigenvalue weighted by Gasteiger charge is -2.27. The van der Waals surface area contributed by atoms with Crippen LogP contribution in [0.25, 0.3) is 5.57 Å². The first-order valence-electron chi connectivity index (χ1n) is 14.9. The Labute approximate surface area is 251 Å². The number of rotatable bonds is 9. The molecule has 2 aromatic rings. The Bertz CT molecular complexity index is 1450. The van der Waals surface area contributed by atoms with Crippen LogP contribution in [0.1, 0.15) is 70.1 Å². The predicted molar refractivity (Wildman–Crippen MR) is 174 cm³/mol. The van der Waals surface area contributed by atoms with Crippen LogP contribution in [0.5, 0.6) is 0 Å². The number of fused-ring (bicyclic) bond motifs is 2. The minimum Gasteiger partial charge on any atom is -0.384 e. The molecule has 1 heterocycles. The average molecular weight is 570 g/mol. The van der Waals surface area contributed by atoms with Crippen LogP contribution in [-0.4, -0.2) is 34.0 Å². The number of anilines is 1. The maximum atomic E-state index is 7.14. The summed E-state index contributed by atoms with van der Waals surface area (Å²) in [5.41, 5.74) is 11.7. The van der Waals surface area contributed by atoms with Crippen molar-refractivity contribution in [3.05, 3.63) is 117 Å². The Kier molecular flexibility index (Phi) is 8.80. The van der Waals surface area contributed by atoms with Gasteiger partial charge in [-0.3, -0.25) is 0 Å². The highest BCUT2D eigenvalue weighted by molar-refractivity contribution is 6.32. The van der Waals surface area contributed by atoms with Gasteiger partial charge in [-0.15, -0.1) is 0 Å². The van der Waals surface area contributed by atoms with Crippen molar-refractivity contribution in [3.63, 3.8) is 0 Å². The topological polar surface area (TPSA) is 21.7 Å². The summed E-state index contributed by atoms with van der Waals surface area (Å²) in [7, 11) is 3.54. The van der Waals surface area contributed by atoms with E-state index in [4.69, 9.17) is 21.1 Å². The molecule has 0 amide bonds. The molecule has 0 radical (unpaired) electrons. The van der Waals surface area contributed by atoms with E-state index in [2.05, 4.69) is 105 Å². The third-order valence-electron chi connectivity index (χ3n) is 9.15. The van der Waals surface area contributed by atoms with Crippen molar-refractivity contribution in [2.75, 3.05) is 38.9 Å². The van der Waals surface area contributed by atoms with Gasteiger partial charge in [-0.05, 0) is 76.8 Å². The summed E-state index contributed by atoms with van der Waals surface area (Å²) in [6, 6.07) is 17.5. The highest BCUT2D eigenvalue weighted by atomic mass is 35.5. The fourth-order valence-corrected chi connectivity index (χ4v) is 7.19. The molecule has 2 aromatic carbocycles. The maximum absolute atomic E-state index is 7.14. The molecule has 0 bridgehead atoms. The van der Waals surface area contributed by atoms with E-state index < -0.39 is 0 Å². The zero-order chi connectivity index (χ0) is 29.2. The van der Waals surface area contributed by atoms with Gasteiger partial charge < -0.3 is 14.4 Å². The summed E-state index contributed by atoms with van der Waals surface area (Å²) in [5, 5.41) is 0.897. The predicted octanol–water partition coefficient (Wildman–Crippen LogP) is 9.26. The monoisotopic (exact) mass is 569 g/mol. The Balaban J connectivity index is 1.48. The van der Waals surface area contributed by atoms with Crippen LogP contribution in [0.2, 0.25) is 0 Å². The molecular formula is C37H44ClNO2. The zero-order valence-electron chi connectivity index (χ0n) is 25.5. The molecule has 4 heteroatoms. The van der Waals surface area contributed by atoms with Gasteiger partial charge in [-0.2, -0.15) is 0 Å². The number of halogens is 1.